The summed E-state index contributed by atoms with van der Waals surface area (Å²) in [6.07, 6.45) is 2.57. The first kappa shape index (κ1) is 12.7. The molecule has 0 fully saturated rings. The van der Waals surface area contributed by atoms with E-state index >= 15 is 0 Å². The van der Waals surface area contributed by atoms with Gasteiger partial charge in [-0.05, 0) is 30.5 Å². The lowest BCUT2D eigenvalue weighted by atomic mass is 9.76. The van der Waals surface area contributed by atoms with Gasteiger partial charge in [-0.3, -0.25) is 0 Å². The fraction of sp³-hybridized carbons (Fsp3) is 0.429. The fourth-order valence-electron chi connectivity index (χ4n) is 2.76. The highest BCUT2D eigenvalue weighted by atomic mass is 16.6. The Kier molecular flexibility index (Phi) is 3.35. The molecule has 2 N–H and O–H groups in total. The zero-order chi connectivity index (χ0) is 13.4. The first-order valence-corrected chi connectivity index (χ1v) is 6.65. The molecule has 0 bridgehead atoms. The van der Waals surface area contributed by atoms with Crippen molar-refractivity contribution in [1.29, 1.82) is 0 Å². The number of allylic oxidation sites excluding steroid dienone is 1. The molecule has 0 radical (unpaired) electrons. The van der Waals surface area contributed by atoms with Crippen molar-refractivity contribution in [3.05, 3.63) is 35.9 Å². The van der Waals surface area contributed by atoms with Gasteiger partial charge in [-0.1, -0.05) is 12.1 Å². The topological polar surface area (TPSA) is 53.7 Å². The Bertz CT molecular complexity index is 506. The summed E-state index contributed by atoms with van der Waals surface area (Å²) >= 11 is 0. The average Bonchev–Trinajstić information content (AvgIpc) is 2.69. The summed E-state index contributed by atoms with van der Waals surface area (Å²) in [5.41, 5.74) is 9.15. The highest BCUT2D eigenvalue weighted by Crippen LogP contribution is 2.33. The van der Waals surface area contributed by atoms with Gasteiger partial charge in [0.2, 0.25) is 0 Å². The molecule has 2 heterocycles. The van der Waals surface area contributed by atoms with Crippen LogP contribution < -0.4 is 15.9 Å². The highest BCUT2D eigenvalue weighted by molar-refractivity contribution is 6.64. The molecule has 1 aromatic carbocycles. The zero-order valence-electron chi connectivity index (χ0n) is 11.1. The minimum atomic E-state index is -0.360. The fourth-order valence-corrected chi connectivity index (χ4v) is 2.76. The van der Waals surface area contributed by atoms with Crippen LogP contribution in [-0.4, -0.2) is 26.4 Å². The van der Waals surface area contributed by atoms with E-state index in [1.54, 1.807) is 0 Å². The Labute approximate surface area is 113 Å². The van der Waals surface area contributed by atoms with Crippen LogP contribution in [0.3, 0.4) is 0 Å². The van der Waals surface area contributed by atoms with E-state index in [9.17, 15) is 0 Å². The molecule has 19 heavy (non-hydrogen) atoms. The highest BCUT2D eigenvalue weighted by Gasteiger charge is 2.43. The predicted molar refractivity (Wildman–Crippen MR) is 74.7 cm³/mol. The molecule has 2 aliphatic rings. The molecule has 0 aromatic heterocycles. The predicted octanol–water partition coefficient (Wildman–Crippen LogP) is 0.938. The van der Waals surface area contributed by atoms with Crippen molar-refractivity contribution < 1.29 is 14.0 Å². The zero-order valence-corrected chi connectivity index (χ0v) is 11.1. The lowest BCUT2D eigenvalue weighted by molar-refractivity contribution is 0.101. The van der Waals surface area contributed by atoms with Crippen LogP contribution in [-0.2, 0) is 15.7 Å². The van der Waals surface area contributed by atoms with Gasteiger partial charge in [0.25, 0.3) is 0 Å². The summed E-state index contributed by atoms with van der Waals surface area (Å²) in [6, 6.07) is 4.06. The molecule has 1 aromatic rings. The lowest BCUT2D eigenvalue weighted by Crippen LogP contribution is -2.34. The van der Waals surface area contributed by atoms with Crippen molar-refractivity contribution in [3.63, 3.8) is 0 Å². The van der Waals surface area contributed by atoms with Gasteiger partial charge in [0, 0.05) is 12.0 Å². The summed E-state index contributed by atoms with van der Waals surface area (Å²) in [4.78, 5) is 0. The Morgan fingerprint density at radius 1 is 1.47 bits per heavy atom. The van der Waals surface area contributed by atoms with Crippen LogP contribution in [0.2, 0.25) is 0 Å². The number of hydrogen-bond donors (Lipinski definition) is 1. The second-order valence-corrected chi connectivity index (χ2v) is 4.99. The Morgan fingerprint density at radius 3 is 3.05 bits per heavy atom. The maximum Gasteiger partial charge on any atom is 0.498 e. The lowest BCUT2D eigenvalue weighted by Gasteiger charge is -2.17. The van der Waals surface area contributed by atoms with Crippen LogP contribution in [0.25, 0.3) is 0 Å². The molecule has 3 rings (SSSR count). The molecule has 0 spiro atoms. The second-order valence-electron chi connectivity index (χ2n) is 4.99. The molecule has 0 saturated heterocycles. The van der Waals surface area contributed by atoms with Crippen molar-refractivity contribution in [2.45, 2.75) is 25.6 Å². The summed E-state index contributed by atoms with van der Waals surface area (Å²) in [6.45, 7) is 6.77. The number of rotatable bonds is 3. The molecule has 5 heteroatoms. The molecule has 100 valence electrons. The minimum absolute atomic E-state index is 0.00429. The van der Waals surface area contributed by atoms with E-state index in [1.165, 1.54) is 5.56 Å². The van der Waals surface area contributed by atoms with Gasteiger partial charge in [-0.2, -0.15) is 0 Å². The quantitative estimate of drug-likeness (QED) is 0.648. The SMILES string of the molecule is C=CCc1ccc2c3c1[C@@H](CN)OB3OC(C)CO2. The molecule has 0 saturated carbocycles. The monoisotopic (exact) mass is 259 g/mol. The van der Waals surface area contributed by atoms with Gasteiger partial charge in [0.05, 0.1) is 12.2 Å². The van der Waals surface area contributed by atoms with Crippen molar-refractivity contribution in [1.82, 2.24) is 0 Å². The molecule has 1 unspecified atom stereocenters. The van der Waals surface area contributed by atoms with Gasteiger partial charge in [0.1, 0.15) is 12.4 Å². The van der Waals surface area contributed by atoms with Crippen molar-refractivity contribution in [2.24, 2.45) is 5.73 Å². The minimum Gasteiger partial charge on any atom is -0.491 e. The van der Waals surface area contributed by atoms with Gasteiger partial charge in [-0.25, -0.2) is 0 Å². The van der Waals surface area contributed by atoms with E-state index in [0.717, 1.165) is 23.2 Å². The summed E-state index contributed by atoms with van der Waals surface area (Å²) in [5.74, 6) is 0.855. The third kappa shape index (κ3) is 2.08. The third-order valence-corrected chi connectivity index (χ3v) is 3.59. The second kappa shape index (κ2) is 5.00. The Hall–Kier alpha value is -1.30. The van der Waals surface area contributed by atoms with Crippen LogP contribution in [0, 0.1) is 0 Å². The molecular weight excluding hydrogens is 241 g/mol. The smallest absolute Gasteiger partial charge is 0.491 e. The molecular formula is C14H18BNO3. The molecule has 4 nitrogen and oxygen atoms in total. The molecule has 0 amide bonds. The van der Waals surface area contributed by atoms with Crippen LogP contribution >= 0.6 is 0 Å². The van der Waals surface area contributed by atoms with E-state index in [0.29, 0.717) is 13.2 Å². The van der Waals surface area contributed by atoms with E-state index in [-0.39, 0.29) is 19.3 Å². The summed E-state index contributed by atoms with van der Waals surface area (Å²) in [5, 5.41) is 0. The summed E-state index contributed by atoms with van der Waals surface area (Å²) < 4.78 is 17.6. The average molecular weight is 259 g/mol. The van der Waals surface area contributed by atoms with Crippen molar-refractivity contribution in [3.8, 4) is 5.75 Å². The standard InChI is InChI=1S/C14H18BNO3/c1-3-4-10-5-6-11-14-13(10)12(7-16)19-15(14)18-9(2)8-17-11/h3,5-6,9,12H,1,4,7-8,16H2,2H3/t9?,12-/m1/s1. The van der Waals surface area contributed by atoms with Gasteiger partial charge in [-0.15, -0.1) is 6.58 Å². The van der Waals surface area contributed by atoms with Crippen LogP contribution in [0.5, 0.6) is 5.75 Å². The van der Waals surface area contributed by atoms with E-state index < -0.39 is 0 Å². The largest absolute Gasteiger partial charge is 0.498 e. The van der Waals surface area contributed by atoms with Crippen LogP contribution in [0.15, 0.2) is 24.8 Å². The van der Waals surface area contributed by atoms with E-state index in [4.69, 9.17) is 19.8 Å². The number of benzene rings is 1. The summed E-state index contributed by atoms with van der Waals surface area (Å²) in [7, 11) is -0.360. The Morgan fingerprint density at radius 2 is 2.32 bits per heavy atom. The first-order valence-electron chi connectivity index (χ1n) is 6.65. The Balaban J connectivity index is 2.12. The normalized spacial score (nSPS) is 24.6. The van der Waals surface area contributed by atoms with Crippen molar-refractivity contribution >= 4 is 12.6 Å². The number of hydrogen-bond acceptors (Lipinski definition) is 4. The maximum absolute atomic E-state index is 5.94. The maximum atomic E-state index is 5.94. The van der Waals surface area contributed by atoms with Gasteiger partial charge >= 0.3 is 7.12 Å². The van der Waals surface area contributed by atoms with Gasteiger partial charge in [0.15, 0.2) is 0 Å². The van der Waals surface area contributed by atoms with E-state index in [2.05, 4.69) is 12.6 Å². The first-order chi connectivity index (χ1) is 9.24. The van der Waals surface area contributed by atoms with Gasteiger partial charge < -0.3 is 19.8 Å². The van der Waals surface area contributed by atoms with Crippen molar-refractivity contribution in [2.75, 3.05) is 13.2 Å². The molecule has 0 aliphatic carbocycles. The molecule has 2 aliphatic heterocycles. The number of ether oxygens (including phenoxy) is 1. The molecule has 2 atom stereocenters. The van der Waals surface area contributed by atoms with Crippen LogP contribution in [0.4, 0.5) is 0 Å². The van der Waals surface area contributed by atoms with E-state index in [1.807, 2.05) is 19.1 Å². The third-order valence-electron chi connectivity index (χ3n) is 3.59. The van der Waals surface area contributed by atoms with Crippen LogP contribution in [0.1, 0.15) is 24.2 Å². The number of nitrogens with two attached hydrogens (primary N) is 1.